The molecule has 1 N–H and O–H groups in total. The molecule has 1 saturated heterocycles. The highest BCUT2D eigenvalue weighted by Gasteiger charge is 2.27. The largest absolute Gasteiger partial charge is 0.391 e. The number of amides is 1. The van der Waals surface area contributed by atoms with Gasteiger partial charge in [0.25, 0.3) is 5.91 Å². The molecule has 0 aromatic carbocycles. The lowest BCUT2D eigenvalue weighted by Gasteiger charge is -2.15. The van der Waals surface area contributed by atoms with E-state index < -0.39 is 6.10 Å². The summed E-state index contributed by atoms with van der Waals surface area (Å²) in [5.41, 5.74) is 1.32. The number of nitrogens with zero attached hydrogens (tertiary/aromatic N) is 4. The smallest absolute Gasteiger partial charge is 0.257 e. The van der Waals surface area contributed by atoms with Crippen molar-refractivity contribution in [2.75, 3.05) is 13.1 Å². The van der Waals surface area contributed by atoms with Crippen LogP contribution in [0.1, 0.15) is 22.5 Å². The molecule has 104 valence electrons. The van der Waals surface area contributed by atoms with E-state index in [1.54, 1.807) is 22.0 Å². The first-order chi connectivity index (χ1) is 9.66. The Bertz CT molecular complexity index is 623. The zero-order valence-electron chi connectivity index (χ0n) is 11.2. The fraction of sp³-hybridized carbons (Fsp3) is 0.357. The van der Waals surface area contributed by atoms with Crippen LogP contribution >= 0.6 is 0 Å². The van der Waals surface area contributed by atoms with Crippen molar-refractivity contribution in [3.05, 3.63) is 41.9 Å². The minimum atomic E-state index is -0.412. The number of hydrogen-bond acceptors (Lipinski definition) is 4. The maximum atomic E-state index is 12.4. The van der Waals surface area contributed by atoms with Gasteiger partial charge >= 0.3 is 0 Å². The number of pyridine rings is 1. The van der Waals surface area contributed by atoms with Crippen LogP contribution in [-0.2, 0) is 0 Å². The molecule has 1 aliphatic heterocycles. The Morgan fingerprint density at radius 2 is 2.30 bits per heavy atom. The topological polar surface area (TPSA) is 71.2 Å². The summed E-state index contributed by atoms with van der Waals surface area (Å²) in [6.07, 6.45) is 3.48. The van der Waals surface area contributed by atoms with E-state index in [1.165, 1.54) is 0 Å². The number of aliphatic hydroxyl groups is 1. The molecule has 1 atom stereocenters. The Morgan fingerprint density at radius 3 is 2.95 bits per heavy atom. The maximum Gasteiger partial charge on any atom is 0.257 e. The standard InChI is InChI=1S/C14H16N4O2/c1-10-12(14(20)17-7-5-11(19)9-17)8-16-18(10)13-4-2-3-6-15-13/h2-4,6,8,11,19H,5,7,9H2,1H3/t11-/m1/s1. The Labute approximate surface area is 116 Å². The number of aliphatic hydroxyl groups excluding tert-OH is 1. The number of likely N-dealkylation sites (tertiary alicyclic amines) is 1. The molecule has 3 heterocycles. The molecule has 0 bridgehead atoms. The van der Waals surface area contributed by atoms with Gasteiger partial charge in [0.05, 0.1) is 23.6 Å². The van der Waals surface area contributed by atoms with Gasteiger partial charge in [-0.15, -0.1) is 0 Å². The quantitative estimate of drug-likeness (QED) is 0.877. The molecule has 0 unspecified atom stereocenters. The summed E-state index contributed by atoms with van der Waals surface area (Å²) in [6, 6.07) is 5.55. The van der Waals surface area contributed by atoms with E-state index >= 15 is 0 Å². The molecular formula is C14H16N4O2. The van der Waals surface area contributed by atoms with Crippen LogP contribution in [0, 0.1) is 6.92 Å². The minimum Gasteiger partial charge on any atom is -0.391 e. The Hall–Kier alpha value is -2.21. The molecule has 20 heavy (non-hydrogen) atoms. The first-order valence-corrected chi connectivity index (χ1v) is 6.60. The Kier molecular flexibility index (Phi) is 3.23. The summed E-state index contributed by atoms with van der Waals surface area (Å²) in [5, 5.41) is 13.8. The van der Waals surface area contributed by atoms with Gasteiger partial charge in [0.15, 0.2) is 5.82 Å². The van der Waals surface area contributed by atoms with E-state index in [0.717, 1.165) is 5.69 Å². The second kappa shape index (κ2) is 5.05. The predicted octanol–water partition coefficient (Wildman–Crippen LogP) is 0.783. The molecule has 1 amide bonds. The van der Waals surface area contributed by atoms with Gasteiger partial charge in [-0.25, -0.2) is 9.67 Å². The van der Waals surface area contributed by atoms with Crippen molar-refractivity contribution in [3.8, 4) is 5.82 Å². The van der Waals surface area contributed by atoms with Crippen molar-refractivity contribution >= 4 is 5.91 Å². The summed E-state index contributed by atoms with van der Waals surface area (Å²) < 4.78 is 1.65. The molecule has 6 nitrogen and oxygen atoms in total. The van der Waals surface area contributed by atoms with Gasteiger partial charge in [-0.3, -0.25) is 4.79 Å². The van der Waals surface area contributed by atoms with Gasteiger partial charge < -0.3 is 10.0 Å². The summed E-state index contributed by atoms with van der Waals surface area (Å²) in [4.78, 5) is 18.3. The van der Waals surface area contributed by atoms with E-state index in [1.807, 2.05) is 25.1 Å². The van der Waals surface area contributed by atoms with Gasteiger partial charge in [-0.1, -0.05) is 6.07 Å². The van der Waals surface area contributed by atoms with E-state index in [9.17, 15) is 9.90 Å². The van der Waals surface area contributed by atoms with Crippen molar-refractivity contribution in [3.63, 3.8) is 0 Å². The average Bonchev–Trinajstić information content (AvgIpc) is 3.05. The molecule has 0 aliphatic carbocycles. The van der Waals surface area contributed by atoms with Crippen molar-refractivity contribution in [1.82, 2.24) is 19.7 Å². The van der Waals surface area contributed by atoms with E-state index in [0.29, 0.717) is 30.9 Å². The Balaban J connectivity index is 1.89. The van der Waals surface area contributed by atoms with Crippen molar-refractivity contribution < 1.29 is 9.90 Å². The number of aromatic nitrogens is 3. The monoisotopic (exact) mass is 272 g/mol. The maximum absolute atomic E-state index is 12.4. The molecule has 3 rings (SSSR count). The van der Waals surface area contributed by atoms with Crippen LogP contribution in [0.2, 0.25) is 0 Å². The molecule has 2 aromatic heterocycles. The summed E-state index contributed by atoms with van der Waals surface area (Å²) in [5.74, 6) is 0.603. The molecule has 2 aromatic rings. The van der Waals surface area contributed by atoms with Gasteiger partial charge in [0.2, 0.25) is 0 Å². The summed E-state index contributed by atoms with van der Waals surface area (Å²) in [6.45, 7) is 2.84. The molecule has 1 aliphatic rings. The zero-order chi connectivity index (χ0) is 14.1. The van der Waals surface area contributed by atoms with Crippen molar-refractivity contribution in [1.29, 1.82) is 0 Å². The van der Waals surface area contributed by atoms with E-state index in [-0.39, 0.29) is 5.91 Å². The van der Waals surface area contributed by atoms with Gasteiger partial charge in [-0.2, -0.15) is 5.10 Å². The predicted molar refractivity (Wildman–Crippen MR) is 72.6 cm³/mol. The van der Waals surface area contributed by atoms with Crippen molar-refractivity contribution in [2.24, 2.45) is 0 Å². The highest BCUT2D eigenvalue weighted by molar-refractivity contribution is 5.95. The minimum absolute atomic E-state index is 0.0822. The fourth-order valence-electron chi connectivity index (χ4n) is 2.43. The molecule has 0 saturated carbocycles. The summed E-state index contributed by atoms with van der Waals surface area (Å²) >= 11 is 0. The van der Waals surface area contributed by atoms with Crippen LogP contribution in [-0.4, -0.2) is 49.9 Å². The SMILES string of the molecule is Cc1c(C(=O)N2CC[C@@H](O)C2)cnn1-c1ccccn1. The van der Waals surface area contributed by atoms with Gasteiger partial charge in [0.1, 0.15) is 0 Å². The number of β-amino-alcohol motifs (C(OH)–C–C–N with tert-alkyl or cyclic N) is 1. The highest BCUT2D eigenvalue weighted by Crippen LogP contribution is 2.17. The van der Waals surface area contributed by atoms with Crippen LogP contribution in [0.15, 0.2) is 30.6 Å². The number of carbonyl (C=O) groups is 1. The molecule has 1 fully saturated rings. The lowest BCUT2D eigenvalue weighted by Crippen LogP contribution is -2.29. The lowest BCUT2D eigenvalue weighted by molar-refractivity contribution is 0.0764. The van der Waals surface area contributed by atoms with Crippen LogP contribution in [0.25, 0.3) is 5.82 Å². The van der Waals surface area contributed by atoms with Crippen LogP contribution < -0.4 is 0 Å². The summed E-state index contributed by atoms with van der Waals surface area (Å²) in [7, 11) is 0. The molecular weight excluding hydrogens is 256 g/mol. The van der Waals surface area contributed by atoms with Crippen molar-refractivity contribution in [2.45, 2.75) is 19.4 Å². The molecule has 6 heteroatoms. The zero-order valence-corrected chi connectivity index (χ0v) is 11.2. The van der Waals surface area contributed by atoms with Gasteiger partial charge in [-0.05, 0) is 25.5 Å². The number of carbonyl (C=O) groups excluding carboxylic acids is 1. The first-order valence-electron chi connectivity index (χ1n) is 6.60. The Morgan fingerprint density at radius 1 is 1.45 bits per heavy atom. The number of hydrogen-bond donors (Lipinski definition) is 1. The number of rotatable bonds is 2. The van der Waals surface area contributed by atoms with E-state index in [2.05, 4.69) is 10.1 Å². The lowest BCUT2D eigenvalue weighted by atomic mass is 10.2. The molecule has 0 spiro atoms. The molecule has 0 radical (unpaired) electrons. The third kappa shape index (κ3) is 2.18. The van der Waals surface area contributed by atoms with Crippen LogP contribution in [0.4, 0.5) is 0 Å². The first kappa shape index (κ1) is 12.8. The highest BCUT2D eigenvalue weighted by atomic mass is 16.3. The second-order valence-electron chi connectivity index (χ2n) is 4.94. The van der Waals surface area contributed by atoms with Gasteiger partial charge in [0, 0.05) is 19.3 Å². The average molecular weight is 272 g/mol. The third-order valence-electron chi connectivity index (χ3n) is 3.56. The van der Waals surface area contributed by atoms with Crippen LogP contribution in [0.5, 0.6) is 0 Å². The third-order valence-corrected chi connectivity index (χ3v) is 3.56. The van der Waals surface area contributed by atoms with Crippen LogP contribution in [0.3, 0.4) is 0 Å². The fourth-order valence-corrected chi connectivity index (χ4v) is 2.43. The normalized spacial score (nSPS) is 18.5. The van der Waals surface area contributed by atoms with E-state index in [4.69, 9.17) is 0 Å². The second-order valence-corrected chi connectivity index (χ2v) is 4.94.